The summed E-state index contributed by atoms with van der Waals surface area (Å²) in [4.78, 5) is 9.23. The van der Waals surface area contributed by atoms with Crippen LogP contribution in [0.3, 0.4) is 0 Å². The van der Waals surface area contributed by atoms with Gasteiger partial charge in [-0.25, -0.2) is 9.97 Å². The normalized spacial score (nSPS) is 11.2. The van der Waals surface area contributed by atoms with Crippen LogP contribution in [-0.4, -0.2) is 20.4 Å². The van der Waals surface area contributed by atoms with Gasteiger partial charge < -0.3 is 0 Å². The van der Waals surface area contributed by atoms with Gasteiger partial charge in [0.1, 0.15) is 11.3 Å². The molecular formula is C16H15Cl2N3. The lowest BCUT2D eigenvalue weighted by atomic mass is 10.2. The van der Waals surface area contributed by atoms with Gasteiger partial charge in [0.15, 0.2) is 5.65 Å². The minimum atomic E-state index is 0.516. The van der Waals surface area contributed by atoms with Crippen LogP contribution in [0, 0.1) is 13.8 Å². The molecule has 2 aromatic heterocycles. The molecule has 0 N–H and O–H groups in total. The van der Waals surface area contributed by atoms with Gasteiger partial charge in [0, 0.05) is 23.5 Å². The maximum Gasteiger partial charge on any atom is 0.164 e. The molecule has 3 aromatic rings. The molecule has 0 saturated carbocycles. The third kappa shape index (κ3) is 2.52. The van der Waals surface area contributed by atoms with Crippen molar-refractivity contribution in [2.45, 2.75) is 20.3 Å². The summed E-state index contributed by atoms with van der Waals surface area (Å²) in [5, 5.41) is 0.696. The van der Waals surface area contributed by atoms with Gasteiger partial charge in [-0.15, -0.1) is 11.6 Å². The predicted molar refractivity (Wildman–Crippen MR) is 87.8 cm³/mol. The lowest BCUT2D eigenvalue weighted by molar-refractivity contribution is 0.900. The highest BCUT2D eigenvalue weighted by Crippen LogP contribution is 2.26. The van der Waals surface area contributed by atoms with E-state index in [4.69, 9.17) is 28.2 Å². The lowest BCUT2D eigenvalue weighted by Gasteiger charge is -2.11. The van der Waals surface area contributed by atoms with E-state index in [9.17, 15) is 0 Å². The summed E-state index contributed by atoms with van der Waals surface area (Å²) in [7, 11) is 0. The first-order valence-corrected chi connectivity index (χ1v) is 7.68. The zero-order valence-electron chi connectivity index (χ0n) is 11.9. The van der Waals surface area contributed by atoms with Crippen molar-refractivity contribution >= 4 is 34.4 Å². The molecule has 0 fully saturated rings. The molecule has 108 valence electrons. The smallest absolute Gasteiger partial charge is 0.164 e. The van der Waals surface area contributed by atoms with E-state index in [2.05, 4.69) is 16.5 Å². The molecule has 0 saturated heterocycles. The van der Waals surface area contributed by atoms with Gasteiger partial charge in [-0.1, -0.05) is 17.7 Å². The number of pyridine rings is 1. The van der Waals surface area contributed by atoms with E-state index in [0.717, 1.165) is 33.8 Å². The Morgan fingerprint density at radius 1 is 1.14 bits per heavy atom. The van der Waals surface area contributed by atoms with Crippen molar-refractivity contribution in [3.63, 3.8) is 0 Å². The number of aromatic nitrogens is 3. The van der Waals surface area contributed by atoms with Crippen LogP contribution in [0.5, 0.6) is 0 Å². The van der Waals surface area contributed by atoms with E-state index >= 15 is 0 Å². The first-order valence-electron chi connectivity index (χ1n) is 6.77. The molecule has 0 unspecified atom stereocenters. The third-order valence-electron chi connectivity index (χ3n) is 3.55. The molecule has 0 aliphatic carbocycles. The molecule has 0 amide bonds. The molecule has 3 rings (SSSR count). The fraction of sp³-hybridized carbons (Fsp3) is 0.250. The van der Waals surface area contributed by atoms with Gasteiger partial charge in [0.05, 0.1) is 5.69 Å². The van der Waals surface area contributed by atoms with Crippen LogP contribution in [0.4, 0.5) is 0 Å². The van der Waals surface area contributed by atoms with Crippen LogP contribution in [0.15, 0.2) is 30.5 Å². The highest BCUT2D eigenvalue weighted by molar-refractivity contribution is 6.30. The Morgan fingerprint density at radius 2 is 1.95 bits per heavy atom. The summed E-state index contributed by atoms with van der Waals surface area (Å²) in [6, 6.07) is 7.80. The van der Waals surface area contributed by atoms with Crippen molar-refractivity contribution in [2.75, 3.05) is 5.88 Å². The van der Waals surface area contributed by atoms with E-state index in [0.29, 0.717) is 17.3 Å². The van der Waals surface area contributed by atoms with Crippen LogP contribution in [0.1, 0.15) is 17.0 Å². The Bertz CT molecular complexity index is 809. The molecule has 0 bridgehead atoms. The minimum absolute atomic E-state index is 0.516. The molecular weight excluding hydrogens is 305 g/mol. The number of hydrogen-bond acceptors (Lipinski definition) is 2. The Kier molecular flexibility index (Phi) is 3.87. The SMILES string of the molecule is Cc1ccc(Cl)cc1-n1c(CCCl)nc2c(C)ccnc21. The molecule has 0 aliphatic rings. The van der Waals surface area contributed by atoms with Crippen LogP contribution in [0.25, 0.3) is 16.9 Å². The molecule has 0 atom stereocenters. The molecule has 21 heavy (non-hydrogen) atoms. The number of fused-ring (bicyclic) bond motifs is 1. The summed E-state index contributed by atoms with van der Waals surface area (Å²) in [6.07, 6.45) is 2.49. The number of imidazole rings is 1. The van der Waals surface area contributed by atoms with Crippen molar-refractivity contribution in [1.29, 1.82) is 0 Å². The van der Waals surface area contributed by atoms with Crippen molar-refractivity contribution in [3.05, 3.63) is 52.4 Å². The van der Waals surface area contributed by atoms with Crippen molar-refractivity contribution < 1.29 is 0 Å². The monoisotopic (exact) mass is 319 g/mol. The number of rotatable bonds is 3. The molecule has 3 nitrogen and oxygen atoms in total. The van der Waals surface area contributed by atoms with Crippen LogP contribution in [0.2, 0.25) is 5.02 Å². The Labute approximate surface area is 133 Å². The topological polar surface area (TPSA) is 30.7 Å². The second-order valence-corrected chi connectivity index (χ2v) is 5.85. The number of halogens is 2. The number of aryl methyl sites for hydroxylation is 3. The second kappa shape index (κ2) is 5.66. The van der Waals surface area contributed by atoms with E-state index in [1.54, 1.807) is 6.20 Å². The largest absolute Gasteiger partial charge is 0.280 e. The predicted octanol–water partition coefficient (Wildman–Crippen LogP) is 4.47. The van der Waals surface area contributed by atoms with Gasteiger partial charge in [-0.05, 0) is 43.2 Å². The first kappa shape index (κ1) is 14.4. The standard InChI is InChI=1S/C16H15Cl2N3/c1-10-3-4-12(18)9-13(10)21-14(5-7-17)20-15-11(2)6-8-19-16(15)21/h3-4,6,8-9H,5,7H2,1-2H3. The van der Waals surface area contributed by atoms with E-state index in [1.165, 1.54) is 0 Å². The molecule has 0 aliphatic heterocycles. The van der Waals surface area contributed by atoms with Crippen molar-refractivity contribution in [1.82, 2.24) is 14.5 Å². The summed E-state index contributed by atoms with van der Waals surface area (Å²) in [6.45, 7) is 4.09. The van der Waals surface area contributed by atoms with Gasteiger partial charge in [0.2, 0.25) is 0 Å². The Morgan fingerprint density at radius 3 is 2.71 bits per heavy atom. The zero-order chi connectivity index (χ0) is 15.0. The fourth-order valence-electron chi connectivity index (χ4n) is 2.47. The van der Waals surface area contributed by atoms with Crippen LogP contribution >= 0.6 is 23.2 Å². The average molecular weight is 320 g/mol. The molecule has 0 spiro atoms. The van der Waals surface area contributed by atoms with E-state index in [-0.39, 0.29) is 0 Å². The molecule has 0 radical (unpaired) electrons. The van der Waals surface area contributed by atoms with Gasteiger partial charge in [-0.2, -0.15) is 0 Å². The van der Waals surface area contributed by atoms with E-state index < -0.39 is 0 Å². The van der Waals surface area contributed by atoms with E-state index in [1.807, 2.05) is 31.2 Å². The molecule has 1 aromatic carbocycles. The minimum Gasteiger partial charge on any atom is -0.280 e. The Hall–Kier alpha value is -1.58. The van der Waals surface area contributed by atoms with Gasteiger partial charge in [-0.3, -0.25) is 4.57 Å². The third-order valence-corrected chi connectivity index (χ3v) is 3.97. The summed E-state index contributed by atoms with van der Waals surface area (Å²) in [5.74, 6) is 1.43. The van der Waals surface area contributed by atoms with Crippen molar-refractivity contribution in [3.8, 4) is 5.69 Å². The zero-order valence-corrected chi connectivity index (χ0v) is 13.4. The highest BCUT2D eigenvalue weighted by Gasteiger charge is 2.16. The van der Waals surface area contributed by atoms with Crippen molar-refractivity contribution in [2.24, 2.45) is 0 Å². The number of alkyl halides is 1. The maximum atomic E-state index is 6.17. The lowest BCUT2D eigenvalue weighted by Crippen LogP contribution is -2.04. The van der Waals surface area contributed by atoms with Gasteiger partial charge in [0.25, 0.3) is 0 Å². The molecule has 2 heterocycles. The Balaban J connectivity index is 2.36. The summed E-state index contributed by atoms with van der Waals surface area (Å²) < 4.78 is 2.06. The quantitative estimate of drug-likeness (QED) is 0.667. The highest BCUT2D eigenvalue weighted by atomic mass is 35.5. The fourth-order valence-corrected chi connectivity index (χ4v) is 2.80. The summed E-state index contributed by atoms with van der Waals surface area (Å²) in [5.41, 5.74) is 4.99. The summed E-state index contributed by atoms with van der Waals surface area (Å²) >= 11 is 12.1. The van der Waals surface area contributed by atoms with Gasteiger partial charge >= 0.3 is 0 Å². The first-order chi connectivity index (χ1) is 10.1. The number of nitrogens with zero attached hydrogens (tertiary/aromatic N) is 3. The number of hydrogen-bond donors (Lipinski definition) is 0. The molecule has 5 heteroatoms. The van der Waals surface area contributed by atoms with Crippen LogP contribution in [-0.2, 0) is 6.42 Å². The second-order valence-electron chi connectivity index (χ2n) is 5.03. The number of benzene rings is 1. The average Bonchev–Trinajstić information content (AvgIpc) is 2.82. The van der Waals surface area contributed by atoms with Crippen LogP contribution < -0.4 is 0 Å². The maximum absolute atomic E-state index is 6.17.